The molecule has 0 aliphatic carbocycles. The second-order valence-electron chi connectivity index (χ2n) is 6.60. The fourth-order valence-corrected chi connectivity index (χ4v) is 3.24. The Morgan fingerprint density at radius 2 is 1.25 bits per heavy atom. The van der Waals surface area contributed by atoms with Crippen LogP contribution in [0.1, 0.15) is 0 Å². The van der Waals surface area contributed by atoms with E-state index in [0.29, 0.717) is 0 Å². The van der Waals surface area contributed by atoms with Crippen LogP contribution in [0.2, 0.25) is 0 Å². The standard InChI is InChI=1S/C24H18N4/c1-3-8-18(9-4-1)19-14-15-23-24(16-19)27-28(26-23)22-13-7-12-21(17-22)25-20-10-5-2-6-11-20/h1-17,25H. The van der Waals surface area contributed by atoms with Crippen molar-refractivity contribution in [2.45, 2.75) is 0 Å². The topological polar surface area (TPSA) is 42.7 Å². The van der Waals surface area contributed by atoms with E-state index < -0.39 is 0 Å². The number of rotatable bonds is 4. The molecule has 4 heteroatoms. The zero-order valence-corrected chi connectivity index (χ0v) is 15.2. The molecule has 1 N–H and O–H groups in total. The lowest BCUT2D eigenvalue weighted by molar-refractivity contribution is 0.766. The van der Waals surface area contributed by atoms with E-state index in [2.05, 4.69) is 34.7 Å². The largest absolute Gasteiger partial charge is 0.355 e. The van der Waals surface area contributed by atoms with Gasteiger partial charge in [0.15, 0.2) is 0 Å². The maximum absolute atomic E-state index is 4.70. The lowest BCUT2D eigenvalue weighted by Gasteiger charge is -2.07. The van der Waals surface area contributed by atoms with Crippen molar-refractivity contribution in [2.24, 2.45) is 0 Å². The minimum atomic E-state index is 0.876. The van der Waals surface area contributed by atoms with Crippen molar-refractivity contribution in [3.05, 3.63) is 103 Å². The fraction of sp³-hybridized carbons (Fsp3) is 0. The molecule has 0 aliphatic rings. The number of nitrogens with one attached hydrogen (secondary N) is 1. The molecule has 0 bridgehead atoms. The second-order valence-corrected chi connectivity index (χ2v) is 6.60. The van der Waals surface area contributed by atoms with Crippen molar-refractivity contribution < 1.29 is 0 Å². The highest BCUT2D eigenvalue weighted by atomic mass is 15.5. The van der Waals surface area contributed by atoms with Crippen LogP contribution in [0, 0.1) is 0 Å². The number of hydrogen-bond donors (Lipinski definition) is 1. The average molecular weight is 362 g/mol. The molecule has 0 radical (unpaired) electrons. The Kier molecular flexibility index (Phi) is 4.07. The van der Waals surface area contributed by atoms with Gasteiger partial charge in [-0.2, -0.15) is 4.80 Å². The molecule has 0 atom stereocenters. The number of nitrogens with zero attached hydrogens (tertiary/aromatic N) is 3. The molecule has 5 aromatic rings. The van der Waals surface area contributed by atoms with Crippen molar-refractivity contribution in [1.29, 1.82) is 0 Å². The van der Waals surface area contributed by atoms with Gasteiger partial charge in [0, 0.05) is 11.4 Å². The quantitative estimate of drug-likeness (QED) is 0.437. The highest BCUT2D eigenvalue weighted by molar-refractivity contribution is 5.81. The van der Waals surface area contributed by atoms with Gasteiger partial charge in [-0.3, -0.25) is 0 Å². The lowest BCUT2D eigenvalue weighted by atomic mass is 10.1. The van der Waals surface area contributed by atoms with Gasteiger partial charge >= 0.3 is 0 Å². The predicted octanol–water partition coefficient (Wildman–Crippen LogP) is 5.83. The van der Waals surface area contributed by atoms with Crippen LogP contribution in [-0.4, -0.2) is 15.0 Å². The summed E-state index contributed by atoms with van der Waals surface area (Å²) in [5.74, 6) is 0. The van der Waals surface area contributed by atoms with Crippen LogP contribution in [0.4, 0.5) is 11.4 Å². The van der Waals surface area contributed by atoms with E-state index in [0.717, 1.165) is 33.7 Å². The van der Waals surface area contributed by atoms with Crippen LogP contribution in [0.25, 0.3) is 27.8 Å². The highest BCUT2D eigenvalue weighted by Crippen LogP contribution is 2.24. The van der Waals surface area contributed by atoms with Gasteiger partial charge in [-0.15, -0.1) is 10.2 Å². The summed E-state index contributed by atoms with van der Waals surface area (Å²) in [4.78, 5) is 1.69. The smallest absolute Gasteiger partial charge is 0.114 e. The predicted molar refractivity (Wildman–Crippen MR) is 114 cm³/mol. The molecule has 0 saturated heterocycles. The van der Waals surface area contributed by atoms with Crippen molar-refractivity contribution in [2.75, 3.05) is 5.32 Å². The first-order valence-electron chi connectivity index (χ1n) is 9.20. The molecule has 5 rings (SSSR count). The molecule has 0 aliphatic heterocycles. The summed E-state index contributed by atoms with van der Waals surface area (Å²) in [5.41, 5.74) is 7.02. The van der Waals surface area contributed by atoms with Crippen LogP contribution in [0.3, 0.4) is 0 Å². The third-order valence-corrected chi connectivity index (χ3v) is 4.63. The number of aromatic nitrogens is 3. The molecule has 28 heavy (non-hydrogen) atoms. The number of anilines is 2. The average Bonchev–Trinajstić information content (AvgIpc) is 3.19. The van der Waals surface area contributed by atoms with Crippen LogP contribution in [0.15, 0.2) is 103 Å². The van der Waals surface area contributed by atoms with Gasteiger partial charge in [0.2, 0.25) is 0 Å². The maximum Gasteiger partial charge on any atom is 0.114 e. The molecule has 1 heterocycles. The van der Waals surface area contributed by atoms with Gasteiger partial charge in [-0.1, -0.05) is 60.7 Å². The molecule has 134 valence electrons. The Bertz CT molecular complexity index is 1230. The summed E-state index contributed by atoms with van der Waals surface area (Å²) < 4.78 is 0. The summed E-state index contributed by atoms with van der Waals surface area (Å²) in [6.07, 6.45) is 0. The van der Waals surface area contributed by atoms with Gasteiger partial charge in [-0.25, -0.2) is 0 Å². The Labute approximate surface area is 163 Å². The van der Waals surface area contributed by atoms with Gasteiger partial charge in [-0.05, 0) is 53.6 Å². The van der Waals surface area contributed by atoms with Crippen LogP contribution in [-0.2, 0) is 0 Å². The molecular formula is C24H18N4. The second kappa shape index (κ2) is 7.00. The molecule has 0 spiro atoms. The van der Waals surface area contributed by atoms with Crippen molar-refractivity contribution in [3.8, 4) is 16.8 Å². The van der Waals surface area contributed by atoms with E-state index in [-0.39, 0.29) is 0 Å². The van der Waals surface area contributed by atoms with Crippen LogP contribution >= 0.6 is 0 Å². The zero-order chi connectivity index (χ0) is 18.8. The molecule has 1 aromatic heterocycles. The fourth-order valence-electron chi connectivity index (χ4n) is 3.24. The minimum absolute atomic E-state index is 0.876. The highest BCUT2D eigenvalue weighted by Gasteiger charge is 2.07. The Morgan fingerprint density at radius 1 is 0.536 bits per heavy atom. The van der Waals surface area contributed by atoms with Crippen molar-refractivity contribution in [3.63, 3.8) is 0 Å². The maximum atomic E-state index is 4.70. The van der Waals surface area contributed by atoms with Gasteiger partial charge < -0.3 is 5.32 Å². The monoisotopic (exact) mass is 362 g/mol. The molecule has 4 aromatic carbocycles. The van der Waals surface area contributed by atoms with Crippen molar-refractivity contribution in [1.82, 2.24) is 15.0 Å². The summed E-state index contributed by atoms with van der Waals surface area (Å²) in [5, 5.41) is 12.7. The molecule has 0 fully saturated rings. The third kappa shape index (κ3) is 3.23. The summed E-state index contributed by atoms with van der Waals surface area (Å²) in [6.45, 7) is 0. The zero-order valence-electron chi connectivity index (χ0n) is 15.2. The number of fused-ring (bicyclic) bond motifs is 1. The van der Waals surface area contributed by atoms with Gasteiger partial charge in [0.05, 0.1) is 5.69 Å². The SMILES string of the molecule is c1ccc(Nc2cccc(-n3nc4ccc(-c5ccccc5)cc4n3)c2)cc1. The Balaban J connectivity index is 1.48. The Hall–Kier alpha value is -3.92. The third-order valence-electron chi connectivity index (χ3n) is 4.63. The van der Waals surface area contributed by atoms with Crippen molar-refractivity contribution >= 4 is 22.4 Å². The van der Waals surface area contributed by atoms with E-state index in [4.69, 9.17) is 5.10 Å². The van der Waals surface area contributed by atoms with E-state index >= 15 is 0 Å². The lowest BCUT2D eigenvalue weighted by Crippen LogP contribution is -1.99. The summed E-state index contributed by atoms with van der Waals surface area (Å²) in [6, 6.07) is 34.7. The summed E-state index contributed by atoms with van der Waals surface area (Å²) in [7, 11) is 0. The normalized spacial score (nSPS) is 10.9. The van der Waals surface area contributed by atoms with E-state index in [1.807, 2.05) is 78.9 Å². The first-order valence-corrected chi connectivity index (χ1v) is 9.20. The molecule has 0 saturated carbocycles. The summed E-state index contributed by atoms with van der Waals surface area (Å²) >= 11 is 0. The first kappa shape index (κ1) is 16.3. The van der Waals surface area contributed by atoms with Gasteiger partial charge in [0.1, 0.15) is 11.0 Å². The Morgan fingerprint density at radius 3 is 2.07 bits per heavy atom. The molecule has 0 unspecified atom stereocenters. The van der Waals surface area contributed by atoms with E-state index in [9.17, 15) is 0 Å². The number of hydrogen-bond acceptors (Lipinski definition) is 3. The number of benzene rings is 4. The van der Waals surface area contributed by atoms with E-state index in [1.54, 1.807) is 4.80 Å². The first-order chi connectivity index (χ1) is 13.8. The van der Waals surface area contributed by atoms with Crippen LogP contribution < -0.4 is 5.32 Å². The van der Waals surface area contributed by atoms with Gasteiger partial charge in [0.25, 0.3) is 0 Å². The van der Waals surface area contributed by atoms with Crippen LogP contribution in [0.5, 0.6) is 0 Å². The minimum Gasteiger partial charge on any atom is -0.355 e. The molecule has 4 nitrogen and oxygen atoms in total. The molecular weight excluding hydrogens is 344 g/mol. The molecule has 0 amide bonds. The number of para-hydroxylation sites is 1. The van der Waals surface area contributed by atoms with E-state index in [1.165, 1.54) is 5.56 Å².